The zero-order valence-corrected chi connectivity index (χ0v) is 13.4. The predicted octanol–water partition coefficient (Wildman–Crippen LogP) is 4.42. The van der Waals surface area contributed by atoms with Gasteiger partial charge in [0, 0.05) is 18.4 Å². The van der Waals surface area contributed by atoms with Crippen LogP contribution < -0.4 is 5.32 Å². The third kappa shape index (κ3) is 3.75. The van der Waals surface area contributed by atoms with Gasteiger partial charge in [-0.25, -0.2) is 0 Å². The van der Waals surface area contributed by atoms with Gasteiger partial charge in [0.05, 0.1) is 10.0 Å². The molecular weight excluding hydrogens is 293 g/mol. The SMILES string of the molecule is CNC1(CC(=O)Cc2cccc(Cl)c2Cl)CCCCC1. The Morgan fingerprint density at radius 1 is 1.25 bits per heavy atom. The van der Waals surface area contributed by atoms with Crippen LogP contribution in [0.5, 0.6) is 0 Å². The molecule has 2 rings (SSSR count). The molecule has 0 radical (unpaired) electrons. The fraction of sp³-hybridized carbons (Fsp3) is 0.562. The number of carbonyl (C=O) groups excluding carboxylic acids is 1. The summed E-state index contributed by atoms with van der Waals surface area (Å²) < 4.78 is 0. The lowest BCUT2D eigenvalue weighted by Gasteiger charge is -2.36. The van der Waals surface area contributed by atoms with Gasteiger partial charge < -0.3 is 5.32 Å². The molecule has 0 unspecified atom stereocenters. The highest BCUT2D eigenvalue weighted by Gasteiger charge is 2.32. The molecule has 4 heteroatoms. The maximum atomic E-state index is 12.4. The monoisotopic (exact) mass is 313 g/mol. The van der Waals surface area contributed by atoms with Crippen LogP contribution in [0, 0.1) is 0 Å². The average molecular weight is 314 g/mol. The van der Waals surface area contributed by atoms with E-state index in [-0.39, 0.29) is 11.3 Å². The number of nitrogens with one attached hydrogen (secondary N) is 1. The summed E-state index contributed by atoms with van der Waals surface area (Å²) in [6.45, 7) is 0. The number of rotatable bonds is 5. The largest absolute Gasteiger partial charge is 0.314 e. The lowest BCUT2D eigenvalue weighted by molar-refractivity contribution is -0.120. The second kappa shape index (κ2) is 6.93. The maximum Gasteiger partial charge on any atom is 0.139 e. The molecule has 1 N–H and O–H groups in total. The van der Waals surface area contributed by atoms with Crippen LogP contribution in [0.1, 0.15) is 44.1 Å². The molecule has 1 aliphatic carbocycles. The zero-order valence-electron chi connectivity index (χ0n) is 11.8. The molecule has 0 aliphatic heterocycles. The molecule has 1 saturated carbocycles. The molecule has 0 heterocycles. The van der Waals surface area contributed by atoms with Crippen molar-refractivity contribution in [1.82, 2.24) is 5.32 Å². The van der Waals surface area contributed by atoms with Gasteiger partial charge >= 0.3 is 0 Å². The Hall–Kier alpha value is -0.570. The molecule has 0 spiro atoms. The summed E-state index contributed by atoms with van der Waals surface area (Å²) in [7, 11) is 1.96. The van der Waals surface area contributed by atoms with Crippen LogP contribution >= 0.6 is 23.2 Å². The van der Waals surface area contributed by atoms with Crippen molar-refractivity contribution in [2.75, 3.05) is 7.05 Å². The van der Waals surface area contributed by atoms with Crippen LogP contribution in [0.4, 0.5) is 0 Å². The van der Waals surface area contributed by atoms with Crippen LogP contribution in [-0.4, -0.2) is 18.4 Å². The maximum absolute atomic E-state index is 12.4. The van der Waals surface area contributed by atoms with Gasteiger partial charge in [0.2, 0.25) is 0 Å². The molecule has 1 aromatic carbocycles. The van der Waals surface area contributed by atoms with E-state index in [1.165, 1.54) is 19.3 Å². The Balaban J connectivity index is 2.03. The van der Waals surface area contributed by atoms with Gasteiger partial charge in [-0.2, -0.15) is 0 Å². The summed E-state index contributed by atoms with van der Waals surface area (Å²) >= 11 is 12.1. The Morgan fingerprint density at radius 2 is 1.95 bits per heavy atom. The van der Waals surface area contributed by atoms with Gasteiger partial charge in [-0.15, -0.1) is 0 Å². The van der Waals surface area contributed by atoms with Gasteiger partial charge in [0.25, 0.3) is 0 Å². The van der Waals surface area contributed by atoms with Gasteiger partial charge in [-0.3, -0.25) is 4.79 Å². The minimum Gasteiger partial charge on any atom is -0.314 e. The minimum atomic E-state index is -0.0135. The van der Waals surface area contributed by atoms with Gasteiger partial charge in [0.1, 0.15) is 5.78 Å². The van der Waals surface area contributed by atoms with Crippen LogP contribution in [0.2, 0.25) is 10.0 Å². The van der Waals surface area contributed by atoms with Crippen LogP contribution in [0.25, 0.3) is 0 Å². The molecule has 1 aromatic rings. The van der Waals surface area contributed by atoms with E-state index in [9.17, 15) is 4.79 Å². The highest BCUT2D eigenvalue weighted by molar-refractivity contribution is 6.42. The molecular formula is C16H21Cl2NO. The molecule has 0 saturated heterocycles. The lowest BCUT2D eigenvalue weighted by atomic mass is 9.78. The summed E-state index contributed by atoms with van der Waals surface area (Å²) in [5.74, 6) is 0.227. The number of benzene rings is 1. The predicted molar refractivity (Wildman–Crippen MR) is 84.7 cm³/mol. The normalized spacial score (nSPS) is 17.9. The van der Waals surface area contributed by atoms with Crippen LogP contribution in [0.15, 0.2) is 18.2 Å². The molecule has 1 aliphatic rings. The van der Waals surface area contributed by atoms with E-state index in [1.807, 2.05) is 19.2 Å². The highest BCUT2D eigenvalue weighted by atomic mass is 35.5. The molecule has 1 fully saturated rings. The third-order valence-corrected chi connectivity index (χ3v) is 5.15. The quantitative estimate of drug-likeness (QED) is 0.872. The summed E-state index contributed by atoms with van der Waals surface area (Å²) in [4.78, 5) is 12.4. The first kappa shape index (κ1) is 15.8. The van der Waals surface area contributed by atoms with Crippen LogP contribution in [-0.2, 0) is 11.2 Å². The molecule has 0 aromatic heterocycles. The standard InChI is InChI=1S/C16H21Cl2NO/c1-19-16(8-3-2-4-9-16)11-13(20)10-12-6-5-7-14(17)15(12)18/h5-7,19H,2-4,8-11H2,1H3. The number of hydrogen-bond acceptors (Lipinski definition) is 2. The number of carbonyl (C=O) groups is 1. The molecule has 20 heavy (non-hydrogen) atoms. The van der Waals surface area contributed by atoms with Crippen molar-refractivity contribution < 1.29 is 4.79 Å². The van der Waals surface area contributed by atoms with Crippen molar-refractivity contribution in [3.63, 3.8) is 0 Å². The zero-order chi connectivity index (χ0) is 14.6. The second-order valence-electron chi connectivity index (χ2n) is 5.70. The smallest absolute Gasteiger partial charge is 0.139 e. The number of Topliss-reactive ketones (excluding diaryl/α,β-unsaturated/α-hetero) is 1. The van der Waals surface area contributed by atoms with E-state index in [0.29, 0.717) is 22.9 Å². The Labute approximate surface area is 130 Å². The Kier molecular flexibility index (Phi) is 5.48. The van der Waals surface area contributed by atoms with Crippen molar-refractivity contribution in [2.45, 2.75) is 50.5 Å². The lowest BCUT2D eigenvalue weighted by Crippen LogP contribution is -2.46. The first-order valence-electron chi connectivity index (χ1n) is 7.20. The summed E-state index contributed by atoms with van der Waals surface area (Å²) in [6, 6.07) is 5.46. The van der Waals surface area contributed by atoms with E-state index in [0.717, 1.165) is 18.4 Å². The molecule has 110 valence electrons. The fourth-order valence-corrected chi connectivity index (χ4v) is 3.47. The summed E-state index contributed by atoms with van der Waals surface area (Å²) in [5, 5.41) is 4.40. The topological polar surface area (TPSA) is 29.1 Å². The van der Waals surface area contributed by atoms with E-state index in [1.54, 1.807) is 6.07 Å². The minimum absolute atomic E-state index is 0.0135. The van der Waals surface area contributed by atoms with Crippen molar-refractivity contribution in [3.05, 3.63) is 33.8 Å². The van der Waals surface area contributed by atoms with Gasteiger partial charge in [-0.05, 0) is 31.5 Å². The molecule has 0 amide bonds. The first-order valence-corrected chi connectivity index (χ1v) is 7.95. The van der Waals surface area contributed by atoms with Gasteiger partial charge in [0.15, 0.2) is 0 Å². The molecule has 2 nitrogen and oxygen atoms in total. The Bertz CT molecular complexity index is 481. The van der Waals surface area contributed by atoms with Crippen molar-refractivity contribution >= 4 is 29.0 Å². The van der Waals surface area contributed by atoms with E-state index in [2.05, 4.69) is 5.32 Å². The summed E-state index contributed by atoms with van der Waals surface area (Å²) in [5.41, 5.74) is 0.812. The van der Waals surface area contributed by atoms with Crippen LogP contribution in [0.3, 0.4) is 0 Å². The van der Waals surface area contributed by atoms with Gasteiger partial charge in [-0.1, -0.05) is 54.6 Å². The fourth-order valence-electron chi connectivity index (χ4n) is 3.08. The molecule has 0 bridgehead atoms. The van der Waals surface area contributed by atoms with Crippen molar-refractivity contribution in [3.8, 4) is 0 Å². The Morgan fingerprint density at radius 3 is 2.60 bits per heavy atom. The second-order valence-corrected chi connectivity index (χ2v) is 6.48. The van der Waals surface area contributed by atoms with Crippen molar-refractivity contribution in [1.29, 1.82) is 0 Å². The third-order valence-electron chi connectivity index (χ3n) is 4.30. The number of ketones is 1. The highest BCUT2D eigenvalue weighted by Crippen LogP contribution is 2.32. The van der Waals surface area contributed by atoms with Crippen molar-refractivity contribution in [2.24, 2.45) is 0 Å². The average Bonchev–Trinajstić information content (AvgIpc) is 2.45. The molecule has 0 atom stereocenters. The number of hydrogen-bond donors (Lipinski definition) is 1. The number of halogens is 2. The first-order chi connectivity index (χ1) is 9.56. The summed E-state index contributed by atoms with van der Waals surface area (Å²) in [6.07, 6.45) is 6.78. The van der Waals surface area contributed by atoms with E-state index >= 15 is 0 Å². The van der Waals surface area contributed by atoms with E-state index in [4.69, 9.17) is 23.2 Å². The van der Waals surface area contributed by atoms with E-state index < -0.39 is 0 Å².